The second kappa shape index (κ2) is 6.38. The first kappa shape index (κ1) is 16.3. The zero-order valence-corrected chi connectivity index (χ0v) is 15.6. The van der Waals surface area contributed by atoms with Crippen LogP contribution < -0.4 is 9.47 Å². The number of hydrogen-bond acceptors (Lipinski definition) is 4. The Hall–Kier alpha value is -2.88. The van der Waals surface area contributed by atoms with Crippen LogP contribution in [0, 0.1) is 12.8 Å². The second-order valence-corrected chi connectivity index (χ2v) is 7.55. The van der Waals surface area contributed by atoms with E-state index in [-0.39, 0.29) is 0 Å². The molecule has 2 unspecified atom stereocenters. The number of methoxy groups -OCH3 is 1. The molecule has 0 bridgehead atoms. The van der Waals surface area contributed by atoms with Crippen LogP contribution in [0.3, 0.4) is 0 Å². The molecule has 0 spiro atoms. The molecule has 136 valence electrons. The van der Waals surface area contributed by atoms with Gasteiger partial charge in [-0.05, 0) is 77.1 Å². The van der Waals surface area contributed by atoms with E-state index in [0.717, 1.165) is 28.8 Å². The summed E-state index contributed by atoms with van der Waals surface area (Å²) in [4.78, 5) is 8.71. The number of ether oxygens (including phenoxy) is 2. The highest BCUT2D eigenvalue weighted by Gasteiger charge is 2.45. The lowest BCUT2D eigenvalue weighted by Gasteiger charge is -2.12. The molecule has 2 aromatic heterocycles. The molecule has 0 amide bonds. The molecule has 3 aromatic rings. The van der Waals surface area contributed by atoms with Gasteiger partial charge in [-0.2, -0.15) is 0 Å². The summed E-state index contributed by atoms with van der Waals surface area (Å²) in [5.41, 5.74) is 7.46. The SMILES string of the molecule is COc1cc(-c2cc(COc3cc4c(cn3)C3CC3C4)ccc2C)ccn1. The Labute approximate surface area is 159 Å². The molecule has 4 nitrogen and oxygen atoms in total. The molecule has 2 aliphatic rings. The van der Waals surface area contributed by atoms with Crippen molar-refractivity contribution in [1.29, 1.82) is 0 Å². The van der Waals surface area contributed by atoms with Gasteiger partial charge in [-0.3, -0.25) is 0 Å². The first-order chi connectivity index (χ1) is 13.2. The van der Waals surface area contributed by atoms with Crippen molar-refractivity contribution in [3.63, 3.8) is 0 Å². The average Bonchev–Trinajstić information content (AvgIpc) is 3.38. The zero-order valence-electron chi connectivity index (χ0n) is 15.6. The summed E-state index contributed by atoms with van der Waals surface area (Å²) in [5, 5.41) is 0. The Balaban J connectivity index is 1.35. The van der Waals surface area contributed by atoms with Crippen molar-refractivity contribution in [2.75, 3.05) is 7.11 Å². The highest BCUT2D eigenvalue weighted by molar-refractivity contribution is 5.68. The summed E-state index contributed by atoms with van der Waals surface area (Å²) in [6.07, 6.45) is 6.33. The number of fused-ring (bicyclic) bond motifs is 3. The summed E-state index contributed by atoms with van der Waals surface area (Å²) in [6, 6.07) is 12.5. The smallest absolute Gasteiger partial charge is 0.213 e. The van der Waals surface area contributed by atoms with Crippen LogP contribution in [0.15, 0.2) is 48.8 Å². The van der Waals surface area contributed by atoms with E-state index in [1.807, 2.05) is 18.3 Å². The van der Waals surface area contributed by atoms with Crippen molar-refractivity contribution in [1.82, 2.24) is 9.97 Å². The molecule has 0 N–H and O–H groups in total. The first-order valence-electron chi connectivity index (χ1n) is 9.43. The maximum atomic E-state index is 5.99. The number of aromatic nitrogens is 2. The molecule has 5 rings (SSSR count). The molecular weight excluding hydrogens is 336 g/mol. The fourth-order valence-corrected chi connectivity index (χ4v) is 4.13. The van der Waals surface area contributed by atoms with Crippen molar-refractivity contribution in [3.05, 3.63) is 71.0 Å². The number of aryl methyl sites for hydroxylation is 1. The molecule has 1 aromatic carbocycles. The van der Waals surface area contributed by atoms with Gasteiger partial charge in [0.15, 0.2) is 0 Å². The Morgan fingerprint density at radius 2 is 2.00 bits per heavy atom. The summed E-state index contributed by atoms with van der Waals surface area (Å²) in [6.45, 7) is 2.62. The van der Waals surface area contributed by atoms with Gasteiger partial charge in [-0.15, -0.1) is 0 Å². The van der Waals surface area contributed by atoms with Gasteiger partial charge in [-0.1, -0.05) is 12.1 Å². The normalized spacial score (nSPS) is 19.3. The zero-order chi connectivity index (χ0) is 18.4. The van der Waals surface area contributed by atoms with Gasteiger partial charge in [0.25, 0.3) is 0 Å². The van der Waals surface area contributed by atoms with Crippen molar-refractivity contribution >= 4 is 0 Å². The second-order valence-electron chi connectivity index (χ2n) is 7.55. The van der Waals surface area contributed by atoms with E-state index in [9.17, 15) is 0 Å². The lowest BCUT2D eigenvalue weighted by atomic mass is 9.99. The molecule has 0 aliphatic heterocycles. The van der Waals surface area contributed by atoms with E-state index >= 15 is 0 Å². The van der Waals surface area contributed by atoms with Crippen LogP contribution in [0.25, 0.3) is 11.1 Å². The van der Waals surface area contributed by atoms with E-state index in [0.29, 0.717) is 12.5 Å². The predicted octanol–water partition coefficient (Wildman–Crippen LogP) is 4.70. The molecule has 0 saturated heterocycles. The minimum Gasteiger partial charge on any atom is -0.481 e. The minimum atomic E-state index is 0.508. The van der Waals surface area contributed by atoms with Gasteiger partial charge < -0.3 is 9.47 Å². The summed E-state index contributed by atoms with van der Waals surface area (Å²) < 4.78 is 11.2. The highest BCUT2D eigenvalue weighted by Crippen LogP contribution is 2.56. The summed E-state index contributed by atoms with van der Waals surface area (Å²) >= 11 is 0. The Morgan fingerprint density at radius 3 is 2.89 bits per heavy atom. The third-order valence-corrected chi connectivity index (χ3v) is 5.75. The van der Waals surface area contributed by atoms with Crippen LogP contribution in [0.2, 0.25) is 0 Å². The van der Waals surface area contributed by atoms with E-state index in [4.69, 9.17) is 9.47 Å². The van der Waals surface area contributed by atoms with Gasteiger partial charge in [0.2, 0.25) is 11.8 Å². The van der Waals surface area contributed by atoms with Crippen LogP contribution >= 0.6 is 0 Å². The molecular formula is C23H22N2O2. The number of pyridine rings is 2. The van der Waals surface area contributed by atoms with Crippen molar-refractivity contribution < 1.29 is 9.47 Å². The van der Waals surface area contributed by atoms with Gasteiger partial charge in [0.05, 0.1) is 7.11 Å². The molecule has 0 radical (unpaired) electrons. The number of rotatable bonds is 5. The maximum absolute atomic E-state index is 5.99. The standard InChI is InChI=1S/C23H22N2O2/c1-14-3-4-15(7-19(14)16-5-6-24-22(10-16)26-2)13-27-23-11-18-8-17-9-20(17)21(18)12-25-23/h3-7,10-12,17,20H,8-9,13H2,1-2H3. The molecule has 4 heteroatoms. The Kier molecular flexibility index (Phi) is 3.85. The highest BCUT2D eigenvalue weighted by atomic mass is 16.5. The van der Waals surface area contributed by atoms with Crippen molar-refractivity contribution in [3.8, 4) is 22.9 Å². The molecule has 1 saturated carbocycles. The predicted molar refractivity (Wildman–Crippen MR) is 104 cm³/mol. The Bertz CT molecular complexity index is 1020. The molecule has 2 atom stereocenters. The summed E-state index contributed by atoms with van der Waals surface area (Å²) in [7, 11) is 1.64. The largest absolute Gasteiger partial charge is 0.481 e. The lowest BCUT2D eigenvalue weighted by Crippen LogP contribution is -2.00. The third kappa shape index (κ3) is 3.05. The van der Waals surface area contributed by atoms with Crippen LogP contribution in [0.4, 0.5) is 0 Å². The Morgan fingerprint density at radius 1 is 1.07 bits per heavy atom. The van der Waals surface area contributed by atoms with Gasteiger partial charge in [0.1, 0.15) is 6.61 Å². The van der Waals surface area contributed by atoms with E-state index < -0.39 is 0 Å². The van der Waals surface area contributed by atoms with Gasteiger partial charge in [-0.25, -0.2) is 9.97 Å². The fourth-order valence-electron chi connectivity index (χ4n) is 4.13. The number of benzene rings is 1. The lowest BCUT2D eigenvalue weighted by molar-refractivity contribution is 0.293. The minimum absolute atomic E-state index is 0.508. The van der Waals surface area contributed by atoms with E-state index in [1.165, 1.54) is 35.1 Å². The monoisotopic (exact) mass is 358 g/mol. The first-order valence-corrected chi connectivity index (χ1v) is 9.43. The van der Waals surface area contributed by atoms with Crippen LogP contribution in [0.1, 0.15) is 34.6 Å². The topological polar surface area (TPSA) is 44.2 Å². The van der Waals surface area contributed by atoms with E-state index in [2.05, 4.69) is 41.2 Å². The van der Waals surface area contributed by atoms with Gasteiger partial charge >= 0.3 is 0 Å². The van der Waals surface area contributed by atoms with Crippen molar-refractivity contribution in [2.24, 2.45) is 5.92 Å². The van der Waals surface area contributed by atoms with Crippen molar-refractivity contribution in [2.45, 2.75) is 32.3 Å². The van der Waals surface area contributed by atoms with E-state index in [1.54, 1.807) is 13.3 Å². The third-order valence-electron chi connectivity index (χ3n) is 5.75. The molecule has 2 aliphatic carbocycles. The fraction of sp³-hybridized carbons (Fsp3) is 0.304. The quantitative estimate of drug-likeness (QED) is 0.663. The molecule has 2 heterocycles. The van der Waals surface area contributed by atoms with Crippen LogP contribution in [-0.2, 0) is 13.0 Å². The maximum Gasteiger partial charge on any atom is 0.213 e. The van der Waals surface area contributed by atoms with Crippen LogP contribution in [0.5, 0.6) is 11.8 Å². The summed E-state index contributed by atoms with van der Waals surface area (Å²) in [5.74, 6) is 2.99. The number of nitrogens with zero attached hydrogens (tertiary/aromatic N) is 2. The molecule has 27 heavy (non-hydrogen) atoms. The van der Waals surface area contributed by atoms with Crippen LogP contribution in [-0.4, -0.2) is 17.1 Å². The average molecular weight is 358 g/mol. The van der Waals surface area contributed by atoms with Gasteiger partial charge in [0, 0.05) is 24.5 Å². The molecule has 1 fully saturated rings. The number of hydrogen-bond donors (Lipinski definition) is 0.